The van der Waals surface area contributed by atoms with Crippen LogP contribution in [-0.4, -0.2) is 30.3 Å². The number of carbonyl (C=O) groups excluding carboxylic acids is 4. The topological polar surface area (TPSA) is 105 Å². The Balaban J connectivity index is 1.46. The number of benzene rings is 3. The number of carbonyl (C=O) groups is 4. The zero-order valence-electron chi connectivity index (χ0n) is 20.2. The summed E-state index contributed by atoms with van der Waals surface area (Å²) in [5.74, 6) is -2.21. The molecule has 0 aliphatic carbocycles. The van der Waals surface area contributed by atoms with Crippen LogP contribution in [0.1, 0.15) is 46.2 Å². The van der Waals surface area contributed by atoms with Crippen LogP contribution in [0.5, 0.6) is 0 Å². The van der Waals surface area contributed by atoms with E-state index in [-0.39, 0.29) is 40.5 Å². The maximum absolute atomic E-state index is 13.1. The summed E-state index contributed by atoms with van der Waals surface area (Å²) in [6.45, 7) is 3.77. The van der Waals surface area contributed by atoms with Gasteiger partial charge in [-0.25, -0.2) is 9.69 Å². The molecule has 0 saturated heterocycles. The predicted octanol–water partition coefficient (Wildman–Crippen LogP) is 4.79. The first-order valence-electron chi connectivity index (χ1n) is 11.6. The number of ether oxygens (including phenoxy) is 1. The second kappa shape index (κ2) is 11.1. The van der Waals surface area contributed by atoms with Gasteiger partial charge in [0.05, 0.1) is 23.9 Å². The highest BCUT2D eigenvalue weighted by Crippen LogP contribution is 2.30. The molecule has 0 bridgehead atoms. The quantitative estimate of drug-likeness (QED) is 0.329. The van der Waals surface area contributed by atoms with Gasteiger partial charge in [0.2, 0.25) is 0 Å². The van der Waals surface area contributed by atoms with Crippen LogP contribution in [0.15, 0.2) is 89.6 Å². The summed E-state index contributed by atoms with van der Waals surface area (Å²) >= 11 is 6.22. The van der Waals surface area contributed by atoms with Crippen LogP contribution >= 0.6 is 11.6 Å². The van der Waals surface area contributed by atoms with E-state index in [2.05, 4.69) is 10.6 Å². The number of anilines is 2. The zero-order chi connectivity index (χ0) is 26.5. The Labute approximate surface area is 218 Å². The first-order chi connectivity index (χ1) is 17.8. The van der Waals surface area contributed by atoms with Crippen LogP contribution in [0.25, 0.3) is 0 Å². The van der Waals surface area contributed by atoms with E-state index in [0.29, 0.717) is 11.3 Å². The summed E-state index contributed by atoms with van der Waals surface area (Å²) in [5.41, 5.74) is 2.16. The van der Waals surface area contributed by atoms with Gasteiger partial charge in [-0.3, -0.25) is 14.4 Å². The molecule has 3 amide bonds. The van der Waals surface area contributed by atoms with Crippen LogP contribution in [0.4, 0.5) is 11.4 Å². The molecule has 188 valence electrons. The fourth-order valence-corrected chi connectivity index (χ4v) is 4.00. The molecule has 3 aromatic rings. The van der Waals surface area contributed by atoms with Gasteiger partial charge in [-0.05, 0) is 61.9 Å². The molecule has 0 fully saturated rings. The number of amides is 3. The summed E-state index contributed by atoms with van der Waals surface area (Å²) in [7, 11) is 0. The van der Waals surface area contributed by atoms with Crippen molar-refractivity contribution < 1.29 is 23.9 Å². The van der Waals surface area contributed by atoms with E-state index in [0.717, 1.165) is 10.5 Å². The maximum Gasteiger partial charge on any atom is 0.338 e. The number of imide groups is 1. The van der Waals surface area contributed by atoms with Gasteiger partial charge in [-0.1, -0.05) is 48.0 Å². The average Bonchev–Trinajstić information content (AvgIpc) is 3.12. The average molecular weight is 518 g/mol. The van der Waals surface area contributed by atoms with E-state index in [1.165, 1.54) is 18.2 Å². The molecule has 0 aromatic heterocycles. The first kappa shape index (κ1) is 25.7. The summed E-state index contributed by atoms with van der Waals surface area (Å²) in [4.78, 5) is 51.5. The fourth-order valence-electron chi connectivity index (χ4n) is 3.79. The smallest absolute Gasteiger partial charge is 0.338 e. The Morgan fingerprint density at radius 2 is 1.62 bits per heavy atom. The van der Waals surface area contributed by atoms with E-state index >= 15 is 0 Å². The molecule has 1 aliphatic rings. The van der Waals surface area contributed by atoms with Gasteiger partial charge in [0.25, 0.3) is 17.7 Å². The second-order valence-electron chi connectivity index (χ2n) is 8.21. The van der Waals surface area contributed by atoms with Crippen molar-refractivity contribution in [3.8, 4) is 0 Å². The van der Waals surface area contributed by atoms with E-state index in [4.69, 9.17) is 16.3 Å². The third-order valence-corrected chi connectivity index (χ3v) is 6.06. The Morgan fingerprint density at radius 1 is 0.919 bits per heavy atom. The van der Waals surface area contributed by atoms with E-state index in [1.54, 1.807) is 37.3 Å². The van der Waals surface area contributed by atoms with Gasteiger partial charge in [0.15, 0.2) is 0 Å². The Bertz CT molecular complexity index is 1390. The lowest BCUT2D eigenvalue weighted by Crippen LogP contribution is -2.32. The molecule has 37 heavy (non-hydrogen) atoms. The SMILES string of the molecule is CCOC(=O)c1cccc(N2C(=O)C(Cl)=C(Nc3ccc(C(=O)NC(C)c4ccccc4)cc3)C2=O)c1. The van der Waals surface area contributed by atoms with Gasteiger partial charge in [0, 0.05) is 11.3 Å². The third kappa shape index (κ3) is 5.54. The monoisotopic (exact) mass is 517 g/mol. The minimum atomic E-state index is -0.721. The van der Waals surface area contributed by atoms with Crippen molar-refractivity contribution in [2.75, 3.05) is 16.8 Å². The first-order valence-corrected chi connectivity index (χ1v) is 12.0. The van der Waals surface area contributed by atoms with Gasteiger partial charge in [0.1, 0.15) is 10.7 Å². The minimum Gasteiger partial charge on any atom is -0.462 e. The lowest BCUT2D eigenvalue weighted by Gasteiger charge is -2.16. The summed E-state index contributed by atoms with van der Waals surface area (Å²) < 4.78 is 4.99. The number of hydrogen-bond donors (Lipinski definition) is 2. The number of hydrogen-bond acceptors (Lipinski definition) is 6. The van der Waals surface area contributed by atoms with Crippen LogP contribution in [-0.2, 0) is 14.3 Å². The molecule has 1 heterocycles. The van der Waals surface area contributed by atoms with Gasteiger partial charge in [-0.2, -0.15) is 0 Å². The number of esters is 1. The molecule has 3 aromatic carbocycles. The summed E-state index contributed by atoms with van der Waals surface area (Å²) in [5, 5.41) is 5.53. The molecule has 0 radical (unpaired) electrons. The predicted molar refractivity (Wildman–Crippen MR) is 140 cm³/mol. The zero-order valence-corrected chi connectivity index (χ0v) is 20.9. The summed E-state index contributed by atoms with van der Waals surface area (Å²) in [6.07, 6.45) is 0. The highest BCUT2D eigenvalue weighted by molar-refractivity contribution is 6.53. The molecular weight excluding hydrogens is 494 g/mol. The van der Waals surface area contributed by atoms with Crippen molar-refractivity contribution in [3.05, 3.63) is 106 Å². The van der Waals surface area contributed by atoms with Crippen LogP contribution in [0.3, 0.4) is 0 Å². The number of rotatable bonds is 8. The van der Waals surface area contributed by atoms with Crippen LogP contribution < -0.4 is 15.5 Å². The maximum atomic E-state index is 13.1. The lowest BCUT2D eigenvalue weighted by atomic mass is 10.1. The van der Waals surface area contributed by atoms with Crippen molar-refractivity contribution >= 4 is 46.7 Å². The third-order valence-electron chi connectivity index (χ3n) is 5.71. The molecule has 2 N–H and O–H groups in total. The molecule has 0 spiro atoms. The number of halogens is 1. The van der Waals surface area contributed by atoms with Crippen molar-refractivity contribution in [2.24, 2.45) is 0 Å². The number of nitrogens with zero attached hydrogens (tertiary/aromatic N) is 1. The minimum absolute atomic E-state index is 0.108. The van der Waals surface area contributed by atoms with E-state index in [1.807, 2.05) is 37.3 Å². The molecule has 1 aliphatic heterocycles. The second-order valence-corrected chi connectivity index (χ2v) is 8.59. The van der Waals surface area contributed by atoms with Crippen LogP contribution in [0.2, 0.25) is 0 Å². The Hall–Kier alpha value is -4.43. The summed E-state index contributed by atoms with van der Waals surface area (Å²) in [6, 6.07) is 21.8. The molecule has 1 unspecified atom stereocenters. The van der Waals surface area contributed by atoms with Gasteiger partial charge in [-0.15, -0.1) is 0 Å². The highest BCUT2D eigenvalue weighted by Gasteiger charge is 2.39. The normalized spacial score (nSPS) is 14.0. The Morgan fingerprint density at radius 3 is 2.30 bits per heavy atom. The molecule has 0 saturated carbocycles. The van der Waals surface area contributed by atoms with Crippen molar-refractivity contribution in [1.29, 1.82) is 0 Å². The molecular formula is C28H24ClN3O5. The van der Waals surface area contributed by atoms with Crippen molar-refractivity contribution in [2.45, 2.75) is 19.9 Å². The largest absolute Gasteiger partial charge is 0.462 e. The standard InChI is InChI=1S/C28H24ClN3O5/c1-3-37-28(36)20-10-7-11-22(16-20)32-26(34)23(29)24(27(32)35)31-21-14-12-19(13-15-21)25(33)30-17(2)18-8-5-4-6-9-18/h4-17,31H,3H2,1-2H3,(H,30,33). The van der Waals surface area contributed by atoms with Crippen LogP contribution in [0, 0.1) is 0 Å². The van der Waals surface area contributed by atoms with Gasteiger partial charge < -0.3 is 15.4 Å². The number of nitrogens with one attached hydrogen (secondary N) is 2. The van der Waals surface area contributed by atoms with E-state index < -0.39 is 17.8 Å². The molecule has 1 atom stereocenters. The Kier molecular flexibility index (Phi) is 7.69. The van der Waals surface area contributed by atoms with Crippen molar-refractivity contribution in [3.63, 3.8) is 0 Å². The van der Waals surface area contributed by atoms with E-state index in [9.17, 15) is 19.2 Å². The lowest BCUT2D eigenvalue weighted by molar-refractivity contribution is -0.120. The van der Waals surface area contributed by atoms with Crippen molar-refractivity contribution in [1.82, 2.24) is 5.32 Å². The van der Waals surface area contributed by atoms with Gasteiger partial charge >= 0.3 is 5.97 Å². The molecule has 9 heteroatoms. The fraction of sp³-hybridized carbons (Fsp3) is 0.143. The highest BCUT2D eigenvalue weighted by atomic mass is 35.5. The molecule has 8 nitrogen and oxygen atoms in total. The molecule has 4 rings (SSSR count).